The number of fused-ring (bicyclic) bond motifs is 1. The Hall–Kier alpha value is -4.79. The summed E-state index contributed by atoms with van der Waals surface area (Å²) in [5, 5.41) is 19.7. The van der Waals surface area contributed by atoms with Crippen LogP contribution in [0.1, 0.15) is 37.9 Å². The molecular weight excluding hydrogens is 531 g/mol. The highest BCUT2D eigenvalue weighted by molar-refractivity contribution is 6.13. The molecule has 1 aromatic carbocycles. The second-order valence-electron chi connectivity index (χ2n) is 10.6. The Kier molecular flexibility index (Phi) is 8.37. The molecule has 0 spiro atoms. The molecule has 2 aliphatic rings. The smallest absolute Gasteiger partial charge is 0.405 e. The van der Waals surface area contributed by atoms with E-state index in [1.807, 2.05) is 30.3 Å². The molecule has 1 fully saturated rings. The normalized spacial score (nSPS) is 18.9. The van der Waals surface area contributed by atoms with Crippen molar-refractivity contribution in [3.05, 3.63) is 65.7 Å². The quantitative estimate of drug-likeness (QED) is 0.439. The molecule has 11 nitrogen and oxygen atoms in total. The molecule has 0 saturated carbocycles. The number of hydrogen-bond acceptors (Lipinski definition) is 6. The number of carbonyl (C=O) groups excluding carboxylic acids is 3. The lowest BCUT2D eigenvalue weighted by Crippen LogP contribution is -2.61. The predicted octanol–water partition coefficient (Wildman–Crippen LogP) is 1.78. The second-order valence-corrected chi connectivity index (χ2v) is 10.6. The summed E-state index contributed by atoms with van der Waals surface area (Å²) in [7, 11) is 1.59. The van der Waals surface area contributed by atoms with Gasteiger partial charge in [-0.1, -0.05) is 36.3 Å². The average molecular weight is 563 g/mol. The summed E-state index contributed by atoms with van der Waals surface area (Å²) in [5.74, 6) is 3.63. The number of nitrogens with one attached hydrogen (secondary N) is 2. The first kappa shape index (κ1) is 29.2. The predicted molar refractivity (Wildman–Crippen MR) is 147 cm³/mol. The fraction of sp³-hybridized carbons (Fsp3) is 0.379. The van der Waals surface area contributed by atoms with Crippen LogP contribution in [-0.2, 0) is 20.8 Å². The van der Waals surface area contributed by atoms with E-state index in [9.17, 15) is 23.6 Å². The van der Waals surface area contributed by atoms with E-state index < -0.39 is 40.7 Å². The number of carboxylic acid groups (broad SMARTS) is 1. The summed E-state index contributed by atoms with van der Waals surface area (Å²) in [6, 6.07) is 10.9. The summed E-state index contributed by atoms with van der Waals surface area (Å²) in [5.41, 5.74) is -0.699. The van der Waals surface area contributed by atoms with Gasteiger partial charge in [0.15, 0.2) is 0 Å². The van der Waals surface area contributed by atoms with Gasteiger partial charge in [0, 0.05) is 33.0 Å². The Labute approximate surface area is 236 Å². The SMILES string of the molecule is CN1N=C2CCN(C(=O)C(CC#Cc3ccc(F)cn3)NC(=O)C(C)(C)NC(=O)O)CC2(Cc2ccccc2)C1=O. The van der Waals surface area contributed by atoms with Crippen molar-refractivity contribution >= 4 is 29.5 Å². The van der Waals surface area contributed by atoms with Crippen molar-refractivity contribution in [2.75, 3.05) is 20.1 Å². The van der Waals surface area contributed by atoms with Crippen LogP contribution < -0.4 is 10.6 Å². The number of amides is 4. The molecule has 3 N–H and O–H groups in total. The zero-order chi connectivity index (χ0) is 29.8. The number of aromatic nitrogens is 1. The van der Waals surface area contributed by atoms with Crippen LogP contribution in [0.3, 0.4) is 0 Å². The van der Waals surface area contributed by atoms with Gasteiger partial charge in [-0.05, 0) is 43.9 Å². The summed E-state index contributed by atoms with van der Waals surface area (Å²) < 4.78 is 13.2. The third-order valence-corrected chi connectivity index (χ3v) is 7.11. The van der Waals surface area contributed by atoms with E-state index in [1.54, 1.807) is 7.05 Å². The molecule has 12 heteroatoms. The molecule has 4 rings (SSSR count). The number of likely N-dealkylation sites (tertiary alicyclic amines) is 1. The number of pyridine rings is 1. The third kappa shape index (κ3) is 6.51. The molecule has 2 aromatic rings. The molecule has 214 valence electrons. The largest absolute Gasteiger partial charge is 0.465 e. The minimum absolute atomic E-state index is 0.0544. The van der Waals surface area contributed by atoms with Gasteiger partial charge in [0.25, 0.3) is 5.91 Å². The first-order chi connectivity index (χ1) is 19.4. The number of halogens is 1. The van der Waals surface area contributed by atoms with Crippen LogP contribution in [0.2, 0.25) is 0 Å². The van der Waals surface area contributed by atoms with Crippen LogP contribution in [0.5, 0.6) is 0 Å². The first-order valence-corrected chi connectivity index (χ1v) is 13.0. The number of benzene rings is 1. The number of hydrazone groups is 1. The van der Waals surface area contributed by atoms with Crippen molar-refractivity contribution in [1.29, 1.82) is 0 Å². The van der Waals surface area contributed by atoms with Gasteiger partial charge >= 0.3 is 6.09 Å². The molecule has 3 heterocycles. The Morgan fingerprint density at radius 1 is 1.20 bits per heavy atom. The lowest BCUT2D eigenvalue weighted by Gasteiger charge is -2.40. The highest BCUT2D eigenvalue weighted by Gasteiger charge is 2.54. The highest BCUT2D eigenvalue weighted by atomic mass is 19.1. The van der Waals surface area contributed by atoms with E-state index in [2.05, 4.69) is 32.6 Å². The minimum Gasteiger partial charge on any atom is -0.465 e. The van der Waals surface area contributed by atoms with Crippen LogP contribution in [-0.4, -0.2) is 81.2 Å². The molecule has 4 amide bonds. The molecule has 0 bridgehead atoms. The third-order valence-electron chi connectivity index (χ3n) is 7.11. The molecule has 2 atom stereocenters. The molecule has 2 aliphatic heterocycles. The minimum atomic E-state index is -1.54. The maximum atomic E-state index is 13.9. The number of rotatable bonds is 7. The van der Waals surface area contributed by atoms with Crippen molar-refractivity contribution in [2.45, 2.75) is 44.7 Å². The number of hydrogen-bond donors (Lipinski definition) is 3. The zero-order valence-corrected chi connectivity index (χ0v) is 23.0. The van der Waals surface area contributed by atoms with Gasteiger partial charge in [-0.2, -0.15) is 5.10 Å². The van der Waals surface area contributed by atoms with Crippen molar-refractivity contribution in [1.82, 2.24) is 25.5 Å². The monoisotopic (exact) mass is 562 g/mol. The van der Waals surface area contributed by atoms with Crippen molar-refractivity contribution in [2.24, 2.45) is 10.5 Å². The second kappa shape index (κ2) is 11.8. The van der Waals surface area contributed by atoms with E-state index in [0.717, 1.165) is 11.8 Å². The van der Waals surface area contributed by atoms with Crippen LogP contribution in [0.25, 0.3) is 0 Å². The highest BCUT2D eigenvalue weighted by Crippen LogP contribution is 2.38. The standard InChI is InChI=1S/C29H31FN6O5/c1-28(2,33-27(40)41)25(38)32-22(11-7-10-21-13-12-20(30)17-31-21)24(37)36-15-14-23-29(18-36,26(39)35(3)34-23)16-19-8-5-4-6-9-19/h4-6,8-9,12-13,17,22,33H,11,14-16,18H2,1-3H3,(H,32,38)(H,40,41). The van der Waals surface area contributed by atoms with E-state index in [-0.39, 0.29) is 31.1 Å². The van der Waals surface area contributed by atoms with Gasteiger partial charge in [-0.15, -0.1) is 0 Å². The van der Waals surface area contributed by atoms with Gasteiger partial charge in [0.2, 0.25) is 11.8 Å². The maximum Gasteiger partial charge on any atom is 0.405 e. The molecule has 0 radical (unpaired) electrons. The summed E-state index contributed by atoms with van der Waals surface area (Å²) in [6.45, 7) is 3.07. The summed E-state index contributed by atoms with van der Waals surface area (Å²) >= 11 is 0. The summed E-state index contributed by atoms with van der Waals surface area (Å²) in [4.78, 5) is 57.1. The average Bonchev–Trinajstić information content (AvgIpc) is 3.17. The molecule has 2 unspecified atom stereocenters. The maximum absolute atomic E-state index is 13.9. The molecule has 1 saturated heterocycles. The number of carbonyl (C=O) groups is 4. The van der Waals surface area contributed by atoms with Crippen LogP contribution in [0, 0.1) is 23.1 Å². The molecule has 1 aromatic heterocycles. The van der Waals surface area contributed by atoms with Gasteiger partial charge in [0.05, 0.1) is 11.9 Å². The van der Waals surface area contributed by atoms with Crippen molar-refractivity contribution in [3.8, 4) is 11.8 Å². The van der Waals surface area contributed by atoms with Crippen molar-refractivity contribution in [3.63, 3.8) is 0 Å². The van der Waals surface area contributed by atoms with Crippen LogP contribution in [0.4, 0.5) is 9.18 Å². The van der Waals surface area contributed by atoms with Gasteiger partial charge in [0.1, 0.15) is 28.5 Å². The van der Waals surface area contributed by atoms with E-state index in [0.29, 0.717) is 18.6 Å². The Bertz CT molecular complexity index is 1430. The van der Waals surface area contributed by atoms with Gasteiger partial charge in [-0.25, -0.2) is 19.2 Å². The summed E-state index contributed by atoms with van der Waals surface area (Å²) in [6.07, 6.45) is 0.201. The number of nitrogens with zero attached hydrogens (tertiary/aromatic N) is 4. The molecular formula is C29H31FN6O5. The van der Waals surface area contributed by atoms with Crippen molar-refractivity contribution < 1.29 is 28.7 Å². The number of piperidine rings is 1. The van der Waals surface area contributed by atoms with E-state index in [4.69, 9.17) is 5.11 Å². The Balaban J connectivity index is 1.61. The van der Waals surface area contributed by atoms with Crippen LogP contribution >= 0.6 is 0 Å². The van der Waals surface area contributed by atoms with E-state index >= 15 is 0 Å². The Morgan fingerprint density at radius 3 is 2.59 bits per heavy atom. The van der Waals surface area contributed by atoms with Crippen LogP contribution in [0.15, 0.2) is 53.8 Å². The van der Waals surface area contributed by atoms with Gasteiger partial charge < -0.3 is 20.6 Å². The van der Waals surface area contributed by atoms with Gasteiger partial charge in [-0.3, -0.25) is 14.4 Å². The Morgan fingerprint density at radius 2 is 1.93 bits per heavy atom. The lowest BCUT2D eigenvalue weighted by atomic mass is 9.73. The fourth-order valence-corrected chi connectivity index (χ4v) is 4.99. The lowest BCUT2D eigenvalue weighted by molar-refractivity contribution is -0.142. The fourth-order valence-electron chi connectivity index (χ4n) is 4.99. The zero-order valence-electron chi connectivity index (χ0n) is 23.0. The first-order valence-electron chi connectivity index (χ1n) is 13.0. The molecule has 0 aliphatic carbocycles. The topological polar surface area (TPSA) is 144 Å². The van der Waals surface area contributed by atoms with E-state index in [1.165, 1.54) is 35.9 Å². The molecule has 41 heavy (non-hydrogen) atoms.